The lowest BCUT2D eigenvalue weighted by Gasteiger charge is -2.01. The maximum Gasteiger partial charge on any atom is 0.478 e. The zero-order valence-electron chi connectivity index (χ0n) is 3.41. The maximum absolute atomic E-state index is 10.7. The molecule has 1 nitrogen and oxygen atoms in total. The third-order valence-corrected chi connectivity index (χ3v) is 0.244. The van der Waals surface area contributed by atoms with Crippen LogP contribution in [0.2, 0.25) is 0 Å². The molecule has 0 aromatic rings. The lowest BCUT2D eigenvalue weighted by atomic mass is 11.0. The lowest BCUT2D eigenvalue weighted by molar-refractivity contribution is -0.192. The fraction of sp³-hybridized carbons (Fsp3) is 1.00. The van der Waals surface area contributed by atoms with E-state index in [2.05, 4.69) is 0 Å². The molecule has 0 heterocycles. The summed E-state index contributed by atoms with van der Waals surface area (Å²) in [5, 5.41) is 1.08. The van der Waals surface area contributed by atoms with Crippen molar-refractivity contribution in [2.45, 2.75) is 12.8 Å². The predicted molar refractivity (Wildman–Crippen MR) is 14.2 cm³/mol. The Labute approximate surface area is 41.5 Å². The Balaban J connectivity index is 3.39. The largest absolute Gasteiger partial charge is 0.478 e. The Bertz CT molecular complexity index is 65.3. The summed E-state index contributed by atoms with van der Waals surface area (Å²) in [7, 11) is 0. The summed E-state index contributed by atoms with van der Waals surface area (Å²) in [6.45, 7) is -3.66. The molecule has 0 spiro atoms. The van der Waals surface area contributed by atoms with Crippen molar-refractivity contribution < 1.29 is 22.0 Å². The second kappa shape index (κ2) is 2.25. The number of halogens is 5. The highest BCUT2D eigenvalue weighted by Crippen LogP contribution is 2.13. The fourth-order valence-electron chi connectivity index (χ4n) is 0.111. The van der Waals surface area contributed by atoms with Crippen molar-refractivity contribution in [3.05, 3.63) is 0 Å². The molecule has 49 valence electrons. The molecular formula is C2HF5N. The van der Waals surface area contributed by atoms with Gasteiger partial charge in [0.25, 0.3) is 0 Å². The van der Waals surface area contributed by atoms with Gasteiger partial charge in [-0.1, -0.05) is 5.32 Å². The van der Waals surface area contributed by atoms with Crippen molar-refractivity contribution in [3.8, 4) is 0 Å². The Morgan fingerprint density at radius 3 is 1.50 bits per heavy atom. The molecule has 0 unspecified atom stereocenters. The monoisotopic (exact) mass is 134 g/mol. The average Bonchev–Trinajstić information content (AvgIpc) is 1.21. The minimum absolute atomic E-state index is 1.08. The minimum Gasteiger partial charge on any atom is -0.190 e. The van der Waals surface area contributed by atoms with E-state index in [-0.39, 0.29) is 0 Å². The van der Waals surface area contributed by atoms with Crippen molar-refractivity contribution in [1.29, 1.82) is 0 Å². The highest BCUT2D eigenvalue weighted by molar-refractivity contribution is 4.40. The van der Waals surface area contributed by atoms with Crippen LogP contribution in [0.25, 0.3) is 0 Å². The Morgan fingerprint density at radius 2 is 1.50 bits per heavy atom. The summed E-state index contributed by atoms with van der Waals surface area (Å²) in [5.74, 6) is 0. The van der Waals surface area contributed by atoms with Crippen LogP contribution in [0.3, 0.4) is 0 Å². The molecule has 0 aliphatic carbocycles. The molecule has 0 atom stereocenters. The maximum atomic E-state index is 10.7. The second-order valence-corrected chi connectivity index (χ2v) is 0.875. The van der Waals surface area contributed by atoms with Crippen LogP contribution in [0.1, 0.15) is 0 Å². The molecule has 0 aromatic heterocycles. The van der Waals surface area contributed by atoms with E-state index in [0.717, 1.165) is 5.32 Å². The van der Waals surface area contributed by atoms with Crippen LogP contribution in [-0.4, -0.2) is 12.8 Å². The van der Waals surface area contributed by atoms with E-state index in [4.69, 9.17) is 0 Å². The predicted octanol–water partition coefficient (Wildman–Crippen LogP) is 1.33. The van der Waals surface area contributed by atoms with E-state index in [1.165, 1.54) is 0 Å². The third kappa shape index (κ3) is 5.61. The first-order valence-corrected chi connectivity index (χ1v) is 1.49. The molecule has 1 radical (unpaired) electrons. The van der Waals surface area contributed by atoms with Gasteiger partial charge >= 0.3 is 12.8 Å². The number of hydrogen-bond acceptors (Lipinski definition) is 0. The van der Waals surface area contributed by atoms with Crippen LogP contribution in [-0.2, 0) is 0 Å². The van der Waals surface area contributed by atoms with Crippen LogP contribution in [0.4, 0.5) is 22.0 Å². The molecule has 0 aliphatic rings. The quantitative estimate of drug-likeness (QED) is 0.379. The summed E-state index contributed by atoms with van der Waals surface area (Å²) < 4.78 is 53.3. The molecule has 0 fully saturated rings. The van der Waals surface area contributed by atoms with Gasteiger partial charge in [0.2, 0.25) is 0 Å². The minimum atomic E-state index is -5.10. The molecule has 6 heteroatoms. The summed E-state index contributed by atoms with van der Waals surface area (Å²) in [6, 6.07) is 0. The second-order valence-electron chi connectivity index (χ2n) is 0.875. The van der Waals surface area contributed by atoms with Crippen LogP contribution in [0.15, 0.2) is 0 Å². The van der Waals surface area contributed by atoms with Gasteiger partial charge in [0, 0.05) is 0 Å². The molecule has 0 rings (SSSR count). The number of nitrogens with zero attached hydrogens (tertiary/aromatic N) is 1. The Morgan fingerprint density at radius 1 is 1.12 bits per heavy atom. The van der Waals surface area contributed by atoms with Crippen molar-refractivity contribution in [3.63, 3.8) is 0 Å². The standard InChI is InChI=1S/C2HF5N/c3-1(4)8-2(5,6)7/h1H. The van der Waals surface area contributed by atoms with Gasteiger partial charge in [-0.2, -0.15) is 22.0 Å². The van der Waals surface area contributed by atoms with E-state index in [1.807, 2.05) is 0 Å². The van der Waals surface area contributed by atoms with E-state index < -0.39 is 12.8 Å². The molecule has 0 bridgehead atoms. The zero-order valence-corrected chi connectivity index (χ0v) is 3.41. The molecule has 0 aromatic carbocycles. The van der Waals surface area contributed by atoms with Gasteiger partial charge < -0.3 is 0 Å². The molecule has 0 amide bonds. The smallest absolute Gasteiger partial charge is 0.190 e. The van der Waals surface area contributed by atoms with Crippen molar-refractivity contribution in [2.24, 2.45) is 0 Å². The topological polar surface area (TPSA) is 14.1 Å². The van der Waals surface area contributed by atoms with E-state index >= 15 is 0 Å². The first kappa shape index (κ1) is 7.61. The average molecular weight is 134 g/mol. The van der Waals surface area contributed by atoms with Gasteiger partial charge in [-0.15, -0.1) is 0 Å². The lowest BCUT2D eigenvalue weighted by Crippen LogP contribution is -2.27. The van der Waals surface area contributed by atoms with Crippen molar-refractivity contribution in [2.75, 3.05) is 0 Å². The number of alkyl halides is 5. The van der Waals surface area contributed by atoms with Crippen molar-refractivity contribution in [1.82, 2.24) is 5.32 Å². The van der Waals surface area contributed by atoms with Gasteiger partial charge in [0.1, 0.15) is 0 Å². The normalized spacial score (nSPS) is 12.8. The van der Waals surface area contributed by atoms with Gasteiger partial charge in [-0.3, -0.25) is 0 Å². The van der Waals surface area contributed by atoms with Crippen LogP contribution in [0.5, 0.6) is 0 Å². The Kier molecular flexibility index (Phi) is 2.14. The first-order chi connectivity index (χ1) is 3.42. The SMILES string of the molecule is FC(F)[N]C(F)(F)F. The highest BCUT2D eigenvalue weighted by Gasteiger charge is 2.33. The molecular weight excluding hydrogens is 133 g/mol. The van der Waals surface area contributed by atoms with E-state index in [0.29, 0.717) is 0 Å². The van der Waals surface area contributed by atoms with E-state index in [1.54, 1.807) is 0 Å². The summed E-state index contributed by atoms with van der Waals surface area (Å²) in [4.78, 5) is 0. The zero-order chi connectivity index (χ0) is 6.78. The molecule has 0 N–H and O–H groups in total. The fourth-order valence-corrected chi connectivity index (χ4v) is 0.111. The third-order valence-electron chi connectivity index (χ3n) is 0.244. The van der Waals surface area contributed by atoms with E-state index in [9.17, 15) is 22.0 Å². The van der Waals surface area contributed by atoms with Gasteiger partial charge in [-0.25, -0.2) is 0 Å². The van der Waals surface area contributed by atoms with Gasteiger partial charge in [-0.05, 0) is 0 Å². The number of hydrogen-bond donors (Lipinski definition) is 0. The van der Waals surface area contributed by atoms with Crippen LogP contribution < -0.4 is 5.32 Å². The van der Waals surface area contributed by atoms with Gasteiger partial charge in [0.05, 0.1) is 0 Å². The van der Waals surface area contributed by atoms with Crippen LogP contribution >= 0.6 is 0 Å². The van der Waals surface area contributed by atoms with Gasteiger partial charge in [0.15, 0.2) is 0 Å². The van der Waals surface area contributed by atoms with Crippen molar-refractivity contribution >= 4 is 0 Å². The Hall–Kier alpha value is -0.390. The summed E-state index contributed by atoms with van der Waals surface area (Å²) in [6.07, 6.45) is -5.10. The first-order valence-electron chi connectivity index (χ1n) is 1.49. The molecule has 0 saturated heterocycles. The molecule has 8 heavy (non-hydrogen) atoms. The number of rotatable bonds is 1. The highest BCUT2D eigenvalue weighted by atomic mass is 19.4. The molecule has 0 aliphatic heterocycles. The van der Waals surface area contributed by atoms with Crippen LogP contribution in [0, 0.1) is 0 Å². The summed E-state index contributed by atoms with van der Waals surface area (Å²) in [5.41, 5.74) is 0. The molecule has 0 saturated carbocycles. The summed E-state index contributed by atoms with van der Waals surface area (Å²) >= 11 is 0.